The molecule has 0 radical (unpaired) electrons. The maximum atomic E-state index is 12.4. The molecule has 0 aliphatic heterocycles. The van der Waals surface area contributed by atoms with Gasteiger partial charge in [0.2, 0.25) is 0 Å². The Morgan fingerprint density at radius 2 is 2.04 bits per heavy atom. The maximum Gasteiger partial charge on any atom is 0.275 e. The Bertz CT molecular complexity index is 664. The van der Waals surface area contributed by atoms with Gasteiger partial charge in [0.05, 0.1) is 23.9 Å². The van der Waals surface area contributed by atoms with Gasteiger partial charge in [-0.15, -0.1) is 23.7 Å². The smallest absolute Gasteiger partial charge is 0.275 e. The van der Waals surface area contributed by atoms with E-state index in [1.807, 2.05) is 19.9 Å². The van der Waals surface area contributed by atoms with E-state index in [0.29, 0.717) is 49.1 Å². The van der Waals surface area contributed by atoms with Crippen molar-refractivity contribution in [2.75, 3.05) is 25.1 Å². The van der Waals surface area contributed by atoms with Crippen molar-refractivity contribution in [2.24, 2.45) is 5.73 Å². The number of nitrogens with two attached hydrogens (primary N) is 1. The van der Waals surface area contributed by atoms with E-state index in [1.54, 1.807) is 17.5 Å². The average Bonchev–Trinajstić information content (AvgIpc) is 2.99. The fourth-order valence-electron chi connectivity index (χ4n) is 1.98. The zero-order valence-corrected chi connectivity index (χ0v) is 15.3. The van der Waals surface area contributed by atoms with Crippen molar-refractivity contribution in [3.05, 3.63) is 34.3 Å². The molecule has 1 aromatic heterocycles. The van der Waals surface area contributed by atoms with Gasteiger partial charge in [-0.1, -0.05) is 0 Å². The van der Waals surface area contributed by atoms with Crippen LogP contribution in [0.3, 0.4) is 0 Å². The summed E-state index contributed by atoms with van der Waals surface area (Å²) < 4.78 is 11.0. The first-order valence-electron chi connectivity index (χ1n) is 7.53. The molecule has 1 heterocycles. The van der Waals surface area contributed by atoms with Crippen molar-refractivity contribution in [3.63, 3.8) is 0 Å². The summed E-state index contributed by atoms with van der Waals surface area (Å²) in [5, 5.41) is 5.42. The number of halogens is 1. The van der Waals surface area contributed by atoms with Crippen LogP contribution < -0.4 is 20.5 Å². The molecule has 0 atom stereocenters. The highest BCUT2D eigenvalue weighted by Crippen LogP contribution is 2.30. The second kappa shape index (κ2) is 10.1. The Hall–Kier alpha value is -1.83. The van der Waals surface area contributed by atoms with Crippen molar-refractivity contribution in [3.8, 4) is 11.5 Å². The minimum atomic E-state index is -0.279. The van der Waals surface area contributed by atoms with E-state index in [0.717, 1.165) is 5.01 Å². The summed E-state index contributed by atoms with van der Waals surface area (Å²) in [4.78, 5) is 16.6. The average molecular weight is 372 g/mol. The van der Waals surface area contributed by atoms with Gasteiger partial charge in [-0.3, -0.25) is 4.79 Å². The van der Waals surface area contributed by atoms with Gasteiger partial charge in [0.25, 0.3) is 5.91 Å². The number of aromatic nitrogens is 1. The lowest BCUT2D eigenvalue weighted by molar-refractivity contribution is 0.102. The fraction of sp³-hybridized carbons (Fsp3) is 0.375. The Morgan fingerprint density at radius 1 is 1.29 bits per heavy atom. The number of amides is 1. The number of benzene rings is 1. The lowest BCUT2D eigenvalue weighted by Crippen LogP contribution is -2.14. The van der Waals surface area contributed by atoms with Crippen molar-refractivity contribution < 1.29 is 14.3 Å². The molecule has 0 spiro atoms. The lowest BCUT2D eigenvalue weighted by atomic mass is 10.2. The number of hydrogen-bond acceptors (Lipinski definition) is 6. The second-order valence-corrected chi connectivity index (χ2v) is 5.59. The number of thiazole rings is 1. The largest absolute Gasteiger partial charge is 0.494 e. The molecule has 0 aliphatic rings. The third-order valence-electron chi connectivity index (χ3n) is 2.95. The number of anilines is 1. The molecular weight excluding hydrogens is 350 g/mol. The molecule has 24 heavy (non-hydrogen) atoms. The molecule has 8 heteroatoms. The third-order valence-corrected chi connectivity index (χ3v) is 3.86. The van der Waals surface area contributed by atoms with E-state index in [9.17, 15) is 4.79 Å². The first-order valence-corrected chi connectivity index (χ1v) is 8.41. The Morgan fingerprint density at radius 3 is 2.71 bits per heavy atom. The quantitative estimate of drug-likeness (QED) is 0.744. The third kappa shape index (κ3) is 5.36. The molecule has 0 aliphatic carbocycles. The molecule has 1 amide bonds. The summed E-state index contributed by atoms with van der Waals surface area (Å²) in [5.41, 5.74) is 6.45. The van der Waals surface area contributed by atoms with E-state index in [4.69, 9.17) is 15.2 Å². The van der Waals surface area contributed by atoms with Crippen molar-refractivity contribution in [1.29, 1.82) is 0 Å². The second-order valence-electron chi connectivity index (χ2n) is 4.64. The number of nitrogens with one attached hydrogen (secondary N) is 1. The van der Waals surface area contributed by atoms with Crippen molar-refractivity contribution in [1.82, 2.24) is 4.98 Å². The fourth-order valence-corrected chi connectivity index (χ4v) is 2.78. The molecule has 0 fully saturated rings. The molecule has 2 aromatic rings. The molecule has 132 valence electrons. The van der Waals surface area contributed by atoms with Crippen LogP contribution in [-0.4, -0.2) is 30.6 Å². The Kier molecular flexibility index (Phi) is 8.53. The van der Waals surface area contributed by atoms with Gasteiger partial charge in [-0.05, 0) is 32.5 Å². The molecule has 0 saturated carbocycles. The maximum absolute atomic E-state index is 12.4. The van der Waals surface area contributed by atoms with Crippen LogP contribution in [0, 0.1) is 0 Å². The summed E-state index contributed by atoms with van der Waals surface area (Å²) in [6, 6.07) is 5.34. The van der Waals surface area contributed by atoms with Crippen LogP contribution in [0.4, 0.5) is 5.69 Å². The van der Waals surface area contributed by atoms with Crippen LogP contribution >= 0.6 is 23.7 Å². The van der Waals surface area contributed by atoms with E-state index >= 15 is 0 Å². The zero-order valence-electron chi connectivity index (χ0n) is 13.7. The topological polar surface area (TPSA) is 86.5 Å². The van der Waals surface area contributed by atoms with Gasteiger partial charge in [0.1, 0.15) is 17.2 Å². The number of carbonyl (C=O) groups is 1. The normalized spacial score (nSPS) is 9.96. The Labute approximate surface area is 151 Å². The first kappa shape index (κ1) is 20.2. The van der Waals surface area contributed by atoms with Gasteiger partial charge in [0.15, 0.2) is 0 Å². The van der Waals surface area contributed by atoms with Gasteiger partial charge in [-0.2, -0.15) is 0 Å². The number of ether oxygens (including phenoxy) is 2. The van der Waals surface area contributed by atoms with Crippen LogP contribution in [-0.2, 0) is 6.42 Å². The molecule has 1 aromatic carbocycles. The monoisotopic (exact) mass is 371 g/mol. The predicted octanol–water partition coefficient (Wildman–Crippen LogP) is 3.12. The molecule has 0 unspecified atom stereocenters. The van der Waals surface area contributed by atoms with E-state index in [1.165, 1.54) is 11.3 Å². The van der Waals surface area contributed by atoms with Gasteiger partial charge >= 0.3 is 0 Å². The van der Waals surface area contributed by atoms with E-state index in [2.05, 4.69) is 10.3 Å². The molecule has 6 nitrogen and oxygen atoms in total. The number of hydrogen-bond donors (Lipinski definition) is 2. The standard InChI is InChI=1S/C16H21N3O3S.ClH/c1-3-21-11-5-6-14(22-4-2)12(9-11)19-16(20)13-10-23-15(18-13)7-8-17;/h5-6,9-10H,3-4,7-8,17H2,1-2H3,(H,19,20);1H. The number of rotatable bonds is 8. The minimum Gasteiger partial charge on any atom is -0.494 e. The number of carbonyl (C=O) groups excluding carboxylic acids is 1. The summed E-state index contributed by atoms with van der Waals surface area (Å²) >= 11 is 1.43. The highest BCUT2D eigenvalue weighted by molar-refractivity contribution is 7.09. The molecule has 3 N–H and O–H groups in total. The van der Waals surface area contributed by atoms with Crippen LogP contribution in [0.5, 0.6) is 11.5 Å². The predicted molar refractivity (Wildman–Crippen MR) is 98.9 cm³/mol. The van der Waals surface area contributed by atoms with Crippen LogP contribution in [0.2, 0.25) is 0 Å². The molecule has 0 bridgehead atoms. The highest BCUT2D eigenvalue weighted by Gasteiger charge is 2.14. The van der Waals surface area contributed by atoms with Crippen molar-refractivity contribution >= 4 is 35.3 Å². The SMILES string of the molecule is CCOc1ccc(OCC)c(NC(=O)c2csc(CCN)n2)c1.Cl. The zero-order chi connectivity index (χ0) is 16.7. The van der Waals surface area contributed by atoms with Gasteiger partial charge < -0.3 is 20.5 Å². The first-order chi connectivity index (χ1) is 11.2. The summed E-state index contributed by atoms with van der Waals surface area (Å²) in [6.45, 7) is 5.37. The van der Waals surface area contributed by atoms with Crippen LogP contribution in [0.15, 0.2) is 23.6 Å². The van der Waals surface area contributed by atoms with Crippen LogP contribution in [0.25, 0.3) is 0 Å². The molecular formula is C16H22ClN3O3S. The van der Waals surface area contributed by atoms with E-state index < -0.39 is 0 Å². The summed E-state index contributed by atoms with van der Waals surface area (Å²) in [5.74, 6) is 0.995. The lowest BCUT2D eigenvalue weighted by Gasteiger charge is -2.13. The molecule has 2 rings (SSSR count). The van der Waals surface area contributed by atoms with Gasteiger partial charge in [-0.25, -0.2) is 4.98 Å². The molecule has 0 saturated heterocycles. The number of nitrogens with zero attached hydrogens (tertiary/aromatic N) is 1. The summed E-state index contributed by atoms with van der Waals surface area (Å²) in [7, 11) is 0. The Balaban J connectivity index is 0.00000288. The van der Waals surface area contributed by atoms with Crippen molar-refractivity contribution in [2.45, 2.75) is 20.3 Å². The minimum absolute atomic E-state index is 0. The summed E-state index contributed by atoms with van der Waals surface area (Å²) in [6.07, 6.45) is 0.669. The van der Waals surface area contributed by atoms with Gasteiger partial charge in [0, 0.05) is 17.9 Å². The van der Waals surface area contributed by atoms with Crippen LogP contribution in [0.1, 0.15) is 29.3 Å². The van der Waals surface area contributed by atoms with E-state index in [-0.39, 0.29) is 18.3 Å². The highest BCUT2D eigenvalue weighted by atomic mass is 35.5.